The van der Waals surface area contributed by atoms with Gasteiger partial charge in [-0.1, -0.05) is 73.5 Å². The number of aliphatic hydroxyl groups excluding tert-OH is 1. The minimum Gasteiger partial charge on any atom is -0.393 e. The summed E-state index contributed by atoms with van der Waals surface area (Å²) in [6.45, 7) is 2.06. The summed E-state index contributed by atoms with van der Waals surface area (Å²) in [6.07, 6.45) is 4.42. The molecule has 2 aliphatic rings. The molecule has 4 atom stereocenters. The van der Waals surface area contributed by atoms with Crippen LogP contribution in [0.5, 0.6) is 0 Å². The van der Waals surface area contributed by atoms with Crippen molar-refractivity contribution >= 4 is 0 Å². The quantitative estimate of drug-likeness (QED) is 0.915. The topological polar surface area (TPSA) is 23.5 Å². The summed E-state index contributed by atoms with van der Waals surface area (Å²) in [5.74, 6) is 0.826. The number of aliphatic hydroxyl groups is 1. The number of likely N-dealkylation sites (tertiary alicyclic amines) is 1. The van der Waals surface area contributed by atoms with E-state index >= 15 is 0 Å². The largest absolute Gasteiger partial charge is 0.393 e. The van der Waals surface area contributed by atoms with Gasteiger partial charge in [-0.3, -0.25) is 4.90 Å². The molecular weight excluding hydrogens is 294 g/mol. The Morgan fingerprint density at radius 2 is 1.54 bits per heavy atom. The highest BCUT2D eigenvalue weighted by molar-refractivity contribution is 5.25. The molecule has 1 N–H and O–H groups in total. The number of benzene rings is 2. The first-order valence-electron chi connectivity index (χ1n) is 9.34. The van der Waals surface area contributed by atoms with Crippen LogP contribution in [0.4, 0.5) is 0 Å². The van der Waals surface area contributed by atoms with Gasteiger partial charge >= 0.3 is 0 Å². The second-order valence-electron chi connectivity index (χ2n) is 7.43. The maximum Gasteiger partial charge on any atom is 0.0589 e. The summed E-state index contributed by atoms with van der Waals surface area (Å²) in [5.41, 5.74) is 2.77. The van der Waals surface area contributed by atoms with Crippen molar-refractivity contribution in [2.45, 2.75) is 50.3 Å². The first-order chi connectivity index (χ1) is 11.8. The summed E-state index contributed by atoms with van der Waals surface area (Å²) in [7, 11) is 0. The van der Waals surface area contributed by atoms with Gasteiger partial charge in [0.2, 0.25) is 0 Å². The standard InChI is InChI=1S/C22H27NO/c24-21-14-8-7-13-20-22(21)19(18-11-5-2-6-12-18)16-23(20)15-17-9-3-1-4-10-17/h1-6,9-12,19-22,24H,7-8,13-16H2/t19-,20-,21+,22-/m1/s1. The summed E-state index contributed by atoms with van der Waals surface area (Å²) in [4.78, 5) is 2.63. The van der Waals surface area contributed by atoms with Crippen LogP contribution in [-0.4, -0.2) is 28.7 Å². The van der Waals surface area contributed by atoms with Crippen LogP contribution in [0, 0.1) is 5.92 Å². The SMILES string of the molecule is O[C@H]1CCCC[C@@H]2[C@H]1[C@@H](c1ccccc1)CN2Cc1ccccc1. The van der Waals surface area contributed by atoms with Crippen LogP contribution in [-0.2, 0) is 6.54 Å². The fourth-order valence-electron chi connectivity index (χ4n) is 4.85. The highest BCUT2D eigenvalue weighted by Gasteiger charge is 2.46. The van der Waals surface area contributed by atoms with Crippen molar-refractivity contribution in [3.8, 4) is 0 Å². The average Bonchev–Trinajstić information content (AvgIpc) is 2.87. The maximum atomic E-state index is 10.8. The Morgan fingerprint density at radius 1 is 0.875 bits per heavy atom. The first kappa shape index (κ1) is 15.9. The lowest BCUT2D eigenvalue weighted by Crippen LogP contribution is -2.36. The molecule has 0 amide bonds. The lowest BCUT2D eigenvalue weighted by Gasteiger charge is -2.29. The summed E-state index contributed by atoms with van der Waals surface area (Å²) in [6, 6.07) is 22.1. The third-order valence-corrected chi connectivity index (χ3v) is 5.96. The zero-order chi connectivity index (χ0) is 16.4. The molecule has 2 fully saturated rings. The molecule has 126 valence electrons. The van der Waals surface area contributed by atoms with E-state index in [9.17, 15) is 5.11 Å². The van der Waals surface area contributed by atoms with Crippen LogP contribution < -0.4 is 0 Å². The van der Waals surface area contributed by atoms with Gasteiger partial charge in [-0.05, 0) is 24.0 Å². The smallest absolute Gasteiger partial charge is 0.0589 e. The van der Waals surface area contributed by atoms with Gasteiger partial charge in [0.25, 0.3) is 0 Å². The Bertz CT molecular complexity index is 642. The van der Waals surface area contributed by atoms with Crippen molar-refractivity contribution < 1.29 is 5.11 Å². The number of rotatable bonds is 3. The normalized spacial score (nSPS) is 30.7. The Balaban J connectivity index is 1.63. The molecule has 0 bridgehead atoms. The molecule has 2 aromatic rings. The van der Waals surface area contributed by atoms with E-state index in [1.165, 1.54) is 24.0 Å². The molecule has 2 aromatic carbocycles. The zero-order valence-electron chi connectivity index (χ0n) is 14.2. The molecule has 1 heterocycles. The van der Waals surface area contributed by atoms with Crippen LogP contribution >= 0.6 is 0 Å². The molecule has 1 saturated heterocycles. The summed E-state index contributed by atoms with van der Waals surface area (Å²) >= 11 is 0. The molecule has 0 spiro atoms. The molecule has 0 aromatic heterocycles. The van der Waals surface area contributed by atoms with Crippen molar-refractivity contribution in [2.24, 2.45) is 5.92 Å². The van der Waals surface area contributed by atoms with Gasteiger partial charge in [0, 0.05) is 31.0 Å². The highest BCUT2D eigenvalue weighted by Crippen LogP contribution is 2.44. The van der Waals surface area contributed by atoms with E-state index in [-0.39, 0.29) is 6.10 Å². The Hall–Kier alpha value is -1.64. The average molecular weight is 321 g/mol. The second-order valence-corrected chi connectivity index (χ2v) is 7.43. The Morgan fingerprint density at radius 3 is 2.29 bits per heavy atom. The minimum absolute atomic E-state index is 0.163. The Kier molecular flexibility index (Phi) is 4.68. The van der Waals surface area contributed by atoms with Crippen molar-refractivity contribution in [3.05, 3.63) is 71.8 Å². The van der Waals surface area contributed by atoms with E-state index in [4.69, 9.17) is 0 Å². The molecule has 1 saturated carbocycles. The molecule has 4 rings (SSSR count). The van der Waals surface area contributed by atoms with Gasteiger partial charge < -0.3 is 5.11 Å². The minimum atomic E-state index is -0.163. The second kappa shape index (κ2) is 7.08. The zero-order valence-corrected chi connectivity index (χ0v) is 14.2. The van der Waals surface area contributed by atoms with Crippen molar-refractivity contribution in [2.75, 3.05) is 6.54 Å². The monoisotopic (exact) mass is 321 g/mol. The summed E-state index contributed by atoms with van der Waals surface area (Å²) in [5, 5.41) is 10.8. The third-order valence-electron chi connectivity index (χ3n) is 5.96. The van der Waals surface area contributed by atoms with Crippen LogP contribution in [0.2, 0.25) is 0 Å². The lowest BCUT2D eigenvalue weighted by molar-refractivity contribution is 0.0754. The summed E-state index contributed by atoms with van der Waals surface area (Å²) < 4.78 is 0. The van der Waals surface area contributed by atoms with Gasteiger partial charge in [-0.25, -0.2) is 0 Å². The number of nitrogens with zero attached hydrogens (tertiary/aromatic N) is 1. The van der Waals surface area contributed by atoms with E-state index < -0.39 is 0 Å². The molecule has 2 heteroatoms. The molecule has 2 nitrogen and oxygen atoms in total. The van der Waals surface area contributed by atoms with Gasteiger partial charge in [-0.2, -0.15) is 0 Å². The van der Waals surface area contributed by atoms with E-state index in [1.54, 1.807) is 0 Å². The maximum absolute atomic E-state index is 10.8. The van der Waals surface area contributed by atoms with Crippen LogP contribution in [0.3, 0.4) is 0 Å². The van der Waals surface area contributed by atoms with Crippen LogP contribution in [0.15, 0.2) is 60.7 Å². The van der Waals surface area contributed by atoms with E-state index in [0.717, 1.165) is 25.9 Å². The predicted molar refractivity (Wildman–Crippen MR) is 97.8 cm³/mol. The van der Waals surface area contributed by atoms with Gasteiger partial charge in [-0.15, -0.1) is 0 Å². The predicted octanol–water partition coefficient (Wildman–Crippen LogP) is 4.21. The first-order valence-corrected chi connectivity index (χ1v) is 9.34. The van der Waals surface area contributed by atoms with E-state index in [2.05, 4.69) is 65.6 Å². The van der Waals surface area contributed by atoms with Gasteiger partial charge in [0.1, 0.15) is 0 Å². The Labute approximate surface area is 145 Å². The van der Waals surface area contributed by atoms with E-state index in [1.807, 2.05) is 0 Å². The number of fused-ring (bicyclic) bond motifs is 1. The molecule has 0 unspecified atom stereocenters. The van der Waals surface area contributed by atoms with Gasteiger partial charge in [0.15, 0.2) is 0 Å². The molecule has 24 heavy (non-hydrogen) atoms. The molecule has 1 aliphatic carbocycles. The van der Waals surface area contributed by atoms with Crippen LogP contribution in [0.25, 0.3) is 0 Å². The highest BCUT2D eigenvalue weighted by atomic mass is 16.3. The number of hydrogen-bond acceptors (Lipinski definition) is 2. The number of hydrogen-bond donors (Lipinski definition) is 1. The molecule has 1 aliphatic heterocycles. The fourth-order valence-corrected chi connectivity index (χ4v) is 4.85. The van der Waals surface area contributed by atoms with Gasteiger partial charge in [0.05, 0.1) is 6.10 Å². The van der Waals surface area contributed by atoms with Crippen molar-refractivity contribution in [3.63, 3.8) is 0 Å². The molecule has 0 radical (unpaired) electrons. The molecular formula is C22H27NO. The fraction of sp³-hybridized carbons (Fsp3) is 0.455. The lowest BCUT2D eigenvalue weighted by atomic mass is 9.81. The van der Waals surface area contributed by atoms with Crippen molar-refractivity contribution in [1.82, 2.24) is 4.90 Å². The third kappa shape index (κ3) is 3.13. The van der Waals surface area contributed by atoms with Crippen molar-refractivity contribution in [1.29, 1.82) is 0 Å². The van der Waals surface area contributed by atoms with Crippen LogP contribution in [0.1, 0.15) is 42.7 Å². The van der Waals surface area contributed by atoms with E-state index in [0.29, 0.717) is 17.9 Å².